The molecule has 0 saturated carbocycles. The highest BCUT2D eigenvalue weighted by molar-refractivity contribution is 6.06. The summed E-state index contributed by atoms with van der Waals surface area (Å²) in [4.78, 5) is 18.8. The highest BCUT2D eigenvalue weighted by Gasteiger charge is 2.08. The molecule has 0 bridgehead atoms. The Kier molecular flexibility index (Phi) is 3.73. The molecule has 1 heterocycles. The Morgan fingerprint density at radius 3 is 3.11 bits per heavy atom. The van der Waals surface area contributed by atoms with Crippen LogP contribution < -0.4 is 5.32 Å². The first-order chi connectivity index (χ1) is 8.83. The van der Waals surface area contributed by atoms with Gasteiger partial charge in [-0.3, -0.25) is 9.78 Å². The number of pyridine rings is 1. The Bertz CT molecular complexity index is 613. The number of carbonyl (C=O) groups is 1. The first kappa shape index (κ1) is 11.9. The maximum absolute atomic E-state index is 11.9. The third-order valence-corrected chi connectivity index (χ3v) is 2.45. The van der Waals surface area contributed by atoms with Gasteiger partial charge in [0, 0.05) is 35.1 Å². The van der Waals surface area contributed by atoms with E-state index in [0.717, 1.165) is 10.9 Å². The molecule has 0 spiro atoms. The summed E-state index contributed by atoms with van der Waals surface area (Å²) in [5, 5.41) is 6.85. The van der Waals surface area contributed by atoms with Crippen LogP contribution in [0.5, 0.6) is 0 Å². The van der Waals surface area contributed by atoms with Gasteiger partial charge in [-0.2, -0.15) is 0 Å². The van der Waals surface area contributed by atoms with Gasteiger partial charge >= 0.3 is 0 Å². The van der Waals surface area contributed by atoms with Crippen LogP contribution in [0.25, 0.3) is 21.3 Å². The van der Waals surface area contributed by atoms with Crippen molar-refractivity contribution >= 4 is 16.8 Å². The Labute approximate surface area is 103 Å². The zero-order valence-corrected chi connectivity index (χ0v) is 9.58. The number of rotatable bonds is 4. The second-order valence-electron chi connectivity index (χ2n) is 3.59. The topological polar surface area (TPSA) is 90.8 Å². The summed E-state index contributed by atoms with van der Waals surface area (Å²) in [6, 6.07) is 9.03. The molecule has 6 nitrogen and oxygen atoms in total. The molecule has 0 aliphatic heterocycles. The smallest absolute Gasteiger partial charge is 0.251 e. The van der Waals surface area contributed by atoms with E-state index < -0.39 is 0 Å². The molecule has 0 saturated heterocycles. The molecule has 1 amide bonds. The molecule has 18 heavy (non-hydrogen) atoms. The van der Waals surface area contributed by atoms with Crippen molar-refractivity contribution in [2.45, 2.75) is 0 Å². The average molecular weight is 241 g/mol. The summed E-state index contributed by atoms with van der Waals surface area (Å²) in [6.07, 6.45) is 1.69. The van der Waals surface area contributed by atoms with Crippen molar-refractivity contribution in [1.29, 1.82) is 0 Å². The Morgan fingerprint density at radius 2 is 2.28 bits per heavy atom. The fraction of sp³-hybridized carbons (Fsp3) is 0.167. The number of amides is 1. The largest absolute Gasteiger partial charge is 0.352 e. The van der Waals surface area contributed by atoms with Crippen LogP contribution in [0.15, 0.2) is 41.6 Å². The zero-order valence-electron chi connectivity index (χ0n) is 9.58. The van der Waals surface area contributed by atoms with Gasteiger partial charge < -0.3 is 5.32 Å². The van der Waals surface area contributed by atoms with Crippen LogP contribution in [0.3, 0.4) is 0 Å². The monoisotopic (exact) mass is 241 g/mol. The molecule has 1 N–H and O–H groups in total. The Hall–Kier alpha value is -2.59. The maximum atomic E-state index is 11.9. The van der Waals surface area contributed by atoms with E-state index in [4.69, 9.17) is 5.53 Å². The lowest BCUT2D eigenvalue weighted by Gasteiger charge is -2.06. The van der Waals surface area contributed by atoms with Crippen LogP contribution in [-0.2, 0) is 0 Å². The quantitative estimate of drug-likeness (QED) is 0.385. The van der Waals surface area contributed by atoms with Crippen LogP contribution in [0, 0.1) is 0 Å². The molecule has 0 radical (unpaired) electrons. The Morgan fingerprint density at radius 1 is 1.39 bits per heavy atom. The van der Waals surface area contributed by atoms with Gasteiger partial charge in [-0.1, -0.05) is 17.2 Å². The van der Waals surface area contributed by atoms with Crippen molar-refractivity contribution in [2.75, 3.05) is 13.1 Å². The number of aromatic nitrogens is 1. The minimum atomic E-state index is -0.193. The van der Waals surface area contributed by atoms with Gasteiger partial charge in [0.25, 0.3) is 5.91 Å². The van der Waals surface area contributed by atoms with E-state index >= 15 is 0 Å². The molecule has 0 aliphatic rings. The van der Waals surface area contributed by atoms with Crippen molar-refractivity contribution in [3.05, 3.63) is 52.5 Å². The van der Waals surface area contributed by atoms with E-state index in [-0.39, 0.29) is 12.5 Å². The van der Waals surface area contributed by atoms with Gasteiger partial charge in [-0.25, -0.2) is 0 Å². The summed E-state index contributed by atoms with van der Waals surface area (Å²) in [7, 11) is 0. The van der Waals surface area contributed by atoms with Crippen molar-refractivity contribution in [3.8, 4) is 0 Å². The van der Waals surface area contributed by atoms with Crippen LogP contribution >= 0.6 is 0 Å². The number of nitrogens with zero attached hydrogens (tertiary/aromatic N) is 4. The molecule has 6 heteroatoms. The minimum Gasteiger partial charge on any atom is -0.352 e. The Balaban J connectivity index is 2.20. The predicted octanol–water partition coefficient (Wildman–Crippen LogP) is 2.27. The summed E-state index contributed by atoms with van der Waals surface area (Å²) in [5.41, 5.74) is 9.48. The number of hydrogen-bond acceptors (Lipinski definition) is 3. The molecule has 90 valence electrons. The average Bonchev–Trinajstić information content (AvgIpc) is 2.43. The van der Waals surface area contributed by atoms with Crippen LogP contribution in [0.1, 0.15) is 10.4 Å². The second-order valence-corrected chi connectivity index (χ2v) is 3.59. The van der Waals surface area contributed by atoms with E-state index in [9.17, 15) is 4.79 Å². The highest BCUT2D eigenvalue weighted by Crippen LogP contribution is 2.15. The lowest BCUT2D eigenvalue weighted by molar-refractivity contribution is 0.0956. The van der Waals surface area contributed by atoms with Gasteiger partial charge in [-0.15, -0.1) is 0 Å². The standard InChI is InChI=1S/C12H11N5O/c13-17-16-8-7-15-12(18)10-3-1-5-11-9(10)4-2-6-14-11/h1-6H,7-8H2,(H,15,18). The molecule has 2 rings (SSSR count). The summed E-state index contributed by atoms with van der Waals surface area (Å²) < 4.78 is 0. The van der Waals surface area contributed by atoms with E-state index in [0.29, 0.717) is 12.1 Å². The predicted molar refractivity (Wildman–Crippen MR) is 68.1 cm³/mol. The third kappa shape index (κ3) is 2.56. The van der Waals surface area contributed by atoms with Crippen molar-refractivity contribution in [2.24, 2.45) is 5.11 Å². The molecule has 0 atom stereocenters. The van der Waals surface area contributed by atoms with Crippen LogP contribution in [-0.4, -0.2) is 24.0 Å². The fourth-order valence-corrected chi connectivity index (χ4v) is 1.66. The van der Waals surface area contributed by atoms with Crippen LogP contribution in [0.2, 0.25) is 0 Å². The SMILES string of the molecule is [N-]=[N+]=NCCNC(=O)c1cccc2ncccc12. The van der Waals surface area contributed by atoms with E-state index in [2.05, 4.69) is 20.3 Å². The van der Waals surface area contributed by atoms with Gasteiger partial charge in [-0.05, 0) is 23.7 Å². The summed E-state index contributed by atoms with van der Waals surface area (Å²) >= 11 is 0. The maximum Gasteiger partial charge on any atom is 0.251 e. The van der Waals surface area contributed by atoms with Crippen molar-refractivity contribution in [1.82, 2.24) is 10.3 Å². The molecular formula is C12H11N5O. The second kappa shape index (κ2) is 5.65. The van der Waals surface area contributed by atoms with E-state index in [1.54, 1.807) is 24.4 Å². The number of nitrogens with one attached hydrogen (secondary N) is 1. The fourth-order valence-electron chi connectivity index (χ4n) is 1.66. The van der Waals surface area contributed by atoms with Crippen molar-refractivity contribution < 1.29 is 4.79 Å². The normalized spacial score (nSPS) is 9.78. The summed E-state index contributed by atoms with van der Waals surface area (Å²) in [5.74, 6) is -0.193. The van der Waals surface area contributed by atoms with Gasteiger partial charge in [0.2, 0.25) is 0 Å². The summed E-state index contributed by atoms with van der Waals surface area (Å²) in [6.45, 7) is 0.560. The first-order valence-corrected chi connectivity index (χ1v) is 5.46. The van der Waals surface area contributed by atoms with Crippen LogP contribution in [0.4, 0.5) is 0 Å². The first-order valence-electron chi connectivity index (χ1n) is 5.46. The van der Waals surface area contributed by atoms with E-state index in [1.807, 2.05) is 12.1 Å². The zero-order chi connectivity index (χ0) is 12.8. The number of hydrogen-bond donors (Lipinski definition) is 1. The molecule has 1 aromatic heterocycles. The molecule has 2 aromatic rings. The number of fused-ring (bicyclic) bond motifs is 1. The molecule has 0 fully saturated rings. The molecule has 0 unspecified atom stereocenters. The molecule has 0 aliphatic carbocycles. The van der Waals surface area contributed by atoms with Gasteiger partial charge in [0.15, 0.2) is 0 Å². The highest BCUT2D eigenvalue weighted by atomic mass is 16.1. The van der Waals surface area contributed by atoms with Crippen molar-refractivity contribution in [3.63, 3.8) is 0 Å². The number of carbonyl (C=O) groups excluding carboxylic acids is 1. The number of azide groups is 1. The number of benzene rings is 1. The van der Waals surface area contributed by atoms with E-state index in [1.165, 1.54) is 0 Å². The lowest BCUT2D eigenvalue weighted by Crippen LogP contribution is -2.26. The van der Waals surface area contributed by atoms with Gasteiger partial charge in [0.1, 0.15) is 0 Å². The minimum absolute atomic E-state index is 0.193. The molecular weight excluding hydrogens is 230 g/mol. The van der Waals surface area contributed by atoms with Gasteiger partial charge in [0.05, 0.1) is 5.52 Å². The lowest BCUT2D eigenvalue weighted by atomic mass is 10.1. The molecule has 1 aromatic carbocycles. The third-order valence-electron chi connectivity index (χ3n) is 2.45.